The Kier molecular flexibility index (Phi) is 4.39. The number of aryl methyl sites for hydroxylation is 1. The SMILES string of the molecule is Cc1nc2cc(NC(=O)NC3CCN(c4c(F)cccc4F)C3)ccc2o1. The number of nitrogens with zero attached hydrogens (tertiary/aromatic N) is 2. The minimum Gasteiger partial charge on any atom is -0.441 e. The number of carbonyl (C=O) groups excluding carboxylic acids is 1. The van der Waals surface area contributed by atoms with Crippen molar-refractivity contribution in [1.29, 1.82) is 0 Å². The van der Waals surface area contributed by atoms with Crippen LogP contribution < -0.4 is 15.5 Å². The standard InChI is InChI=1S/C19H18F2N4O2/c1-11-22-16-9-12(5-6-17(16)27-11)23-19(26)24-13-7-8-25(10-13)18-14(20)3-2-4-15(18)21/h2-6,9,13H,7-8,10H2,1H3,(H2,23,24,26). The summed E-state index contributed by atoms with van der Waals surface area (Å²) in [5.41, 5.74) is 1.85. The number of nitrogens with one attached hydrogen (secondary N) is 2. The molecule has 1 aliphatic heterocycles. The van der Waals surface area contributed by atoms with Gasteiger partial charge in [-0.2, -0.15) is 0 Å². The number of urea groups is 1. The van der Waals surface area contributed by atoms with Crippen LogP contribution in [0.5, 0.6) is 0 Å². The van der Waals surface area contributed by atoms with Gasteiger partial charge in [0, 0.05) is 31.7 Å². The van der Waals surface area contributed by atoms with E-state index in [-0.39, 0.29) is 17.8 Å². The molecule has 2 N–H and O–H groups in total. The fraction of sp³-hybridized carbons (Fsp3) is 0.263. The average molecular weight is 372 g/mol. The summed E-state index contributed by atoms with van der Waals surface area (Å²) in [6.07, 6.45) is 0.600. The zero-order chi connectivity index (χ0) is 19.0. The Morgan fingerprint density at radius 1 is 1.26 bits per heavy atom. The number of amides is 2. The number of rotatable bonds is 3. The minimum atomic E-state index is -0.601. The van der Waals surface area contributed by atoms with Crippen LogP contribution in [0.4, 0.5) is 25.0 Å². The highest BCUT2D eigenvalue weighted by Crippen LogP contribution is 2.27. The van der Waals surface area contributed by atoms with Crippen LogP contribution >= 0.6 is 0 Å². The molecule has 27 heavy (non-hydrogen) atoms. The molecule has 2 heterocycles. The zero-order valence-electron chi connectivity index (χ0n) is 14.6. The second-order valence-corrected chi connectivity index (χ2v) is 6.52. The quantitative estimate of drug-likeness (QED) is 0.733. The van der Waals surface area contributed by atoms with Crippen LogP contribution in [-0.2, 0) is 0 Å². The van der Waals surface area contributed by atoms with Gasteiger partial charge in [0.15, 0.2) is 11.5 Å². The molecule has 1 atom stereocenters. The molecule has 6 nitrogen and oxygen atoms in total. The van der Waals surface area contributed by atoms with Gasteiger partial charge >= 0.3 is 6.03 Å². The van der Waals surface area contributed by atoms with Gasteiger partial charge in [0.25, 0.3) is 0 Å². The fourth-order valence-corrected chi connectivity index (χ4v) is 3.35. The number of anilines is 2. The van der Waals surface area contributed by atoms with Crippen molar-refractivity contribution >= 4 is 28.5 Å². The Morgan fingerprint density at radius 2 is 2.04 bits per heavy atom. The first-order chi connectivity index (χ1) is 13.0. The maximum absolute atomic E-state index is 13.9. The van der Waals surface area contributed by atoms with Crippen LogP contribution in [0.15, 0.2) is 40.8 Å². The summed E-state index contributed by atoms with van der Waals surface area (Å²) in [5.74, 6) is -0.648. The molecule has 0 radical (unpaired) electrons. The Labute approximate surface area is 154 Å². The predicted molar refractivity (Wildman–Crippen MR) is 97.9 cm³/mol. The molecule has 3 aromatic rings. The topological polar surface area (TPSA) is 70.4 Å². The maximum atomic E-state index is 13.9. The third-order valence-corrected chi connectivity index (χ3v) is 4.53. The molecular weight excluding hydrogens is 354 g/mol. The van der Waals surface area contributed by atoms with Crippen LogP contribution in [0.2, 0.25) is 0 Å². The van der Waals surface area contributed by atoms with Crippen LogP contribution in [-0.4, -0.2) is 30.1 Å². The molecule has 2 aromatic carbocycles. The third-order valence-electron chi connectivity index (χ3n) is 4.53. The van der Waals surface area contributed by atoms with Crippen LogP contribution in [0, 0.1) is 18.6 Å². The van der Waals surface area contributed by atoms with Gasteiger partial charge in [-0.05, 0) is 36.8 Å². The lowest BCUT2D eigenvalue weighted by atomic mass is 10.2. The number of carbonyl (C=O) groups is 1. The average Bonchev–Trinajstić information content (AvgIpc) is 3.20. The third kappa shape index (κ3) is 3.55. The summed E-state index contributed by atoms with van der Waals surface area (Å²) in [4.78, 5) is 18.1. The first kappa shape index (κ1) is 17.3. The van der Waals surface area contributed by atoms with E-state index >= 15 is 0 Å². The molecule has 1 unspecified atom stereocenters. The second kappa shape index (κ2) is 6.86. The van der Waals surface area contributed by atoms with Crippen molar-refractivity contribution in [3.63, 3.8) is 0 Å². The molecule has 0 bridgehead atoms. The summed E-state index contributed by atoms with van der Waals surface area (Å²) in [7, 11) is 0. The summed E-state index contributed by atoms with van der Waals surface area (Å²) in [5, 5.41) is 5.59. The fourth-order valence-electron chi connectivity index (χ4n) is 3.35. The van der Waals surface area contributed by atoms with E-state index in [1.54, 1.807) is 30.0 Å². The van der Waals surface area contributed by atoms with Gasteiger partial charge in [-0.15, -0.1) is 0 Å². The van der Waals surface area contributed by atoms with E-state index in [0.29, 0.717) is 42.2 Å². The number of benzene rings is 2. The highest BCUT2D eigenvalue weighted by molar-refractivity contribution is 5.91. The molecule has 8 heteroatoms. The highest BCUT2D eigenvalue weighted by atomic mass is 19.1. The molecule has 0 spiro atoms. The summed E-state index contributed by atoms with van der Waals surface area (Å²) in [6, 6.07) is 8.39. The lowest BCUT2D eigenvalue weighted by molar-refractivity contribution is 0.249. The Hall–Kier alpha value is -3.16. The zero-order valence-corrected chi connectivity index (χ0v) is 14.6. The van der Waals surface area contributed by atoms with Crippen LogP contribution in [0.25, 0.3) is 11.1 Å². The predicted octanol–water partition coefficient (Wildman–Crippen LogP) is 3.81. The number of fused-ring (bicyclic) bond motifs is 1. The molecule has 0 aliphatic carbocycles. The van der Waals surface area contributed by atoms with Crippen molar-refractivity contribution in [2.45, 2.75) is 19.4 Å². The van der Waals surface area contributed by atoms with Gasteiger partial charge < -0.3 is 20.0 Å². The molecular formula is C19H18F2N4O2. The van der Waals surface area contributed by atoms with Gasteiger partial charge in [-0.3, -0.25) is 0 Å². The van der Waals surface area contributed by atoms with Gasteiger partial charge in [-0.25, -0.2) is 18.6 Å². The van der Waals surface area contributed by atoms with Crippen LogP contribution in [0.3, 0.4) is 0 Å². The number of oxazole rings is 1. The molecule has 0 saturated carbocycles. The second-order valence-electron chi connectivity index (χ2n) is 6.52. The van der Waals surface area contributed by atoms with Gasteiger partial charge in [0.05, 0.1) is 0 Å². The largest absolute Gasteiger partial charge is 0.441 e. The van der Waals surface area contributed by atoms with Crippen molar-refractivity contribution in [2.75, 3.05) is 23.3 Å². The molecule has 2 amide bonds. The summed E-state index contributed by atoms with van der Waals surface area (Å²) < 4.78 is 33.2. The van der Waals surface area contributed by atoms with E-state index < -0.39 is 11.6 Å². The first-order valence-corrected chi connectivity index (χ1v) is 8.63. The number of hydrogen-bond donors (Lipinski definition) is 2. The number of hydrogen-bond acceptors (Lipinski definition) is 4. The van der Waals surface area contributed by atoms with Crippen molar-refractivity contribution < 1.29 is 18.0 Å². The number of aromatic nitrogens is 1. The van der Waals surface area contributed by atoms with E-state index in [9.17, 15) is 13.6 Å². The molecule has 1 aromatic heterocycles. The maximum Gasteiger partial charge on any atom is 0.319 e. The lowest BCUT2D eigenvalue weighted by Crippen LogP contribution is -2.39. The van der Waals surface area contributed by atoms with E-state index in [1.165, 1.54) is 18.2 Å². The molecule has 1 fully saturated rings. The van der Waals surface area contributed by atoms with Crippen molar-refractivity contribution in [3.8, 4) is 0 Å². The summed E-state index contributed by atoms with van der Waals surface area (Å²) >= 11 is 0. The number of halogens is 2. The lowest BCUT2D eigenvalue weighted by Gasteiger charge is -2.20. The van der Waals surface area contributed by atoms with Gasteiger partial charge in [0.1, 0.15) is 22.8 Å². The first-order valence-electron chi connectivity index (χ1n) is 8.63. The highest BCUT2D eigenvalue weighted by Gasteiger charge is 2.27. The molecule has 1 aliphatic rings. The van der Waals surface area contributed by atoms with E-state index in [2.05, 4.69) is 15.6 Å². The van der Waals surface area contributed by atoms with Crippen molar-refractivity contribution in [3.05, 3.63) is 53.9 Å². The summed E-state index contributed by atoms with van der Waals surface area (Å²) in [6.45, 7) is 2.56. The van der Waals surface area contributed by atoms with E-state index in [1.807, 2.05) is 0 Å². The molecule has 140 valence electrons. The smallest absolute Gasteiger partial charge is 0.319 e. The Bertz CT molecular complexity index is 984. The van der Waals surface area contributed by atoms with Crippen molar-refractivity contribution in [2.24, 2.45) is 0 Å². The van der Waals surface area contributed by atoms with Gasteiger partial charge in [-0.1, -0.05) is 6.07 Å². The molecule has 1 saturated heterocycles. The molecule has 4 rings (SSSR count). The van der Waals surface area contributed by atoms with E-state index in [0.717, 1.165) is 0 Å². The van der Waals surface area contributed by atoms with Crippen LogP contribution in [0.1, 0.15) is 12.3 Å². The Morgan fingerprint density at radius 3 is 2.81 bits per heavy atom. The van der Waals surface area contributed by atoms with Crippen molar-refractivity contribution in [1.82, 2.24) is 10.3 Å². The monoisotopic (exact) mass is 372 g/mol. The Balaban J connectivity index is 1.38. The normalized spacial score (nSPS) is 16.7. The van der Waals surface area contributed by atoms with Gasteiger partial charge in [0.2, 0.25) is 0 Å². The number of para-hydroxylation sites is 1. The minimum absolute atomic E-state index is 0.0472. The van der Waals surface area contributed by atoms with E-state index in [4.69, 9.17) is 4.42 Å².